The van der Waals surface area contributed by atoms with E-state index in [1.165, 1.54) is 4.68 Å². The molecule has 24 heavy (non-hydrogen) atoms. The molecule has 0 aliphatic carbocycles. The second kappa shape index (κ2) is 6.73. The third-order valence-electron chi connectivity index (χ3n) is 3.76. The Hall–Kier alpha value is -2.20. The lowest BCUT2D eigenvalue weighted by Gasteiger charge is -2.08. The quantitative estimate of drug-likeness (QED) is 0.697. The monoisotopic (exact) mass is 354 g/mol. The Morgan fingerprint density at radius 2 is 1.79 bits per heavy atom. The summed E-state index contributed by atoms with van der Waals surface area (Å²) >= 11 is 0. The van der Waals surface area contributed by atoms with Gasteiger partial charge >= 0.3 is 0 Å². The predicted octanol–water partition coefficient (Wildman–Crippen LogP) is -0.213. The van der Waals surface area contributed by atoms with Crippen LogP contribution in [-0.2, 0) is 24.1 Å². The van der Waals surface area contributed by atoms with Crippen LogP contribution in [0.5, 0.6) is 0 Å². The van der Waals surface area contributed by atoms with E-state index in [0.29, 0.717) is 17.1 Å². The Bertz CT molecular complexity index is 846. The van der Waals surface area contributed by atoms with E-state index in [-0.39, 0.29) is 23.9 Å². The number of hydrogen-bond donors (Lipinski definition) is 2. The maximum Gasteiger partial charge on any atom is 0.271 e. The molecule has 132 valence electrons. The second-order valence-corrected chi connectivity index (χ2v) is 7.28. The van der Waals surface area contributed by atoms with E-state index in [2.05, 4.69) is 20.2 Å². The van der Waals surface area contributed by atoms with Crippen LogP contribution in [0.1, 0.15) is 27.6 Å². The summed E-state index contributed by atoms with van der Waals surface area (Å²) in [6, 6.07) is 1.67. The van der Waals surface area contributed by atoms with Gasteiger partial charge in [-0.2, -0.15) is 10.2 Å². The SMILES string of the molecule is Cc1nn(C)c(C)c1S(=O)(=O)NCCNC(=O)c1cc(C)n(C)n1. The zero-order valence-electron chi connectivity index (χ0n) is 14.4. The van der Waals surface area contributed by atoms with Crippen LogP contribution in [-0.4, -0.2) is 47.0 Å². The minimum absolute atomic E-state index is 0.0770. The molecule has 10 heteroatoms. The van der Waals surface area contributed by atoms with Crippen LogP contribution in [0.2, 0.25) is 0 Å². The molecule has 9 nitrogen and oxygen atoms in total. The largest absolute Gasteiger partial charge is 0.349 e. The fraction of sp³-hybridized carbons (Fsp3) is 0.500. The highest BCUT2D eigenvalue weighted by atomic mass is 32.2. The Kier molecular flexibility index (Phi) is 5.09. The normalized spacial score (nSPS) is 11.7. The van der Waals surface area contributed by atoms with Crippen molar-refractivity contribution in [2.75, 3.05) is 13.1 Å². The molecule has 0 bridgehead atoms. The van der Waals surface area contributed by atoms with Gasteiger partial charge in [0.25, 0.3) is 5.91 Å². The van der Waals surface area contributed by atoms with Gasteiger partial charge in [-0.15, -0.1) is 0 Å². The molecule has 0 spiro atoms. The predicted molar refractivity (Wildman–Crippen MR) is 88.1 cm³/mol. The van der Waals surface area contributed by atoms with Crippen molar-refractivity contribution in [1.29, 1.82) is 0 Å². The summed E-state index contributed by atoms with van der Waals surface area (Å²) in [7, 11) is -0.231. The van der Waals surface area contributed by atoms with Gasteiger partial charge in [0.2, 0.25) is 10.0 Å². The van der Waals surface area contributed by atoms with E-state index in [0.717, 1.165) is 5.69 Å². The van der Waals surface area contributed by atoms with Crippen LogP contribution >= 0.6 is 0 Å². The van der Waals surface area contributed by atoms with E-state index in [1.54, 1.807) is 38.7 Å². The zero-order chi connectivity index (χ0) is 18.1. The average molecular weight is 354 g/mol. The number of amides is 1. The van der Waals surface area contributed by atoms with Gasteiger partial charge < -0.3 is 5.32 Å². The summed E-state index contributed by atoms with van der Waals surface area (Å²) in [5, 5.41) is 10.8. The Morgan fingerprint density at radius 3 is 2.29 bits per heavy atom. The minimum atomic E-state index is -3.67. The lowest BCUT2D eigenvalue weighted by Crippen LogP contribution is -2.35. The van der Waals surface area contributed by atoms with Crippen molar-refractivity contribution in [3.8, 4) is 0 Å². The highest BCUT2D eigenvalue weighted by Gasteiger charge is 2.23. The van der Waals surface area contributed by atoms with E-state index >= 15 is 0 Å². The van der Waals surface area contributed by atoms with Crippen molar-refractivity contribution in [1.82, 2.24) is 29.6 Å². The van der Waals surface area contributed by atoms with Gasteiger partial charge in [-0.05, 0) is 26.8 Å². The summed E-state index contributed by atoms with van der Waals surface area (Å²) in [6.07, 6.45) is 0. The maximum absolute atomic E-state index is 12.4. The third-order valence-corrected chi connectivity index (χ3v) is 5.47. The van der Waals surface area contributed by atoms with Crippen LogP contribution < -0.4 is 10.0 Å². The summed E-state index contributed by atoms with van der Waals surface area (Å²) in [5.74, 6) is -0.341. The molecule has 2 aromatic rings. The molecule has 0 radical (unpaired) electrons. The summed E-state index contributed by atoms with van der Waals surface area (Å²) in [4.78, 5) is 12.1. The lowest BCUT2D eigenvalue weighted by molar-refractivity contribution is 0.0948. The molecule has 0 saturated carbocycles. The molecule has 2 heterocycles. The van der Waals surface area contributed by atoms with Gasteiger partial charge in [0.1, 0.15) is 10.6 Å². The first-order valence-corrected chi connectivity index (χ1v) is 8.90. The second-order valence-electron chi connectivity index (χ2n) is 5.57. The van der Waals surface area contributed by atoms with Crippen LogP contribution in [0.25, 0.3) is 0 Å². The van der Waals surface area contributed by atoms with Crippen molar-refractivity contribution in [3.63, 3.8) is 0 Å². The topological polar surface area (TPSA) is 111 Å². The lowest BCUT2D eigenvalue weighted by atomic mass is 10.3. The number of sulfonamides is 1. The van der Waals surface area contributed by atoms with Gasteiger partial charge in [0, 0.05) is 32.9 Å². The number of rotatable bonds is 6. The van der Waals surface area contributed by atoms with Crippen LogP contribution in [0, 0.1) is 20.8 Å². The highest BCUT2D eigenvalue weighted by Crippen LogP contribution is 2.17. The van der Waals surface area contributed by atoms with E-state index in [1.807, 2.05) is 6.92 Å². The molecule has 0 fully saturated rings. The van der Waals surface area contributed by atoms with Gasteiger partial charge in [0.15, 0.2) is 0 Å². The number of carbonyl (C=O) groups excluding carboxylic acids is 1. The fourth-order valence-electron chi connectivity index (χ4n) is 2.34. The molecular weight excluding hydrogens is 332 g/mol. The first-order chi connectivity index (χ1) is 11.1. The van der Waals surface area contributed by atoms with Crippen LogP contribution in [0.4, 0.5) is 0 Å². The first kappa shape index (κ1) is 18.1. The molecule has 0 aliphatic rings. The number of carbonyl (C=O) groups is 1. The molecular formula is C14H22N6O3S. The molecule has 0 saturated heterocycles. The Balaban J connectivity index is 1.93. The molecule has 0 atom stereocenters. The van der Waals surface area contributed by atoms with Crippen LogP contribution in [0.3, 0.4) is 0 Å². The Morgan fingerprint density at radius 1 is 1.12 bits per heavy atom. The van der Waals surface area contributed by atoms with Gasteiger partial charge in [-0.3, -0.25) is 14.2 Å². The molecule has 1 amide bonds. The molecule has 2 aromatic heterocycles. The fourth-order valence-corrected chi connectivity index (χ4v) is 3.80. The average Bonchev–Trinajstić information content (AvgIpc) is 2.95. The van der Waals surface area contributed by atoms with Gasteiger partial charge in [0.05, 0.1) is 11.4 Å². The number of aromatic nitrogens is 4. The summed E-state index contributed by atoms with van der Waals surface area (Å²) < 4.78 is 30.3. The van der Waals surface area contributed by atoms with Gasteiger partial charge in [-0.25, -0.2) is 13.1 Å². The summed E-state index contributed by atoms with van der Waals surface area (Å²) in [5.41, 5.74) is 2.17. The van der Waals surface area contributed by atoms with Crippen molar-refractivity contribution < 1.29 is 13.2 Å². The maximum atomic E-state index is 12.4. The highest BCUT2D eigenvalue weighted by molar-refractivity contribution is 7.89. The molecule has 0 unspecified atom stereocenters. The number of nitrogens with one attached hydrogen (secondary N) is 2. The zero-order valence-corrected chi connectivity index (χ0v) is 15.2. The number of hydrogen-bond acceptors (Lipinski definition) is 5. The van der Waals surface area contributed by atoms with E-state index in [9.17, 15) is 13.2 Å². The van der Waals surface area contributed by atoms with E-state index < -0.39 is 10.0 Å². The van der Waals surface area contributed by atoms with Crippen molar-refractivity contribution in [2.45, 2.75) is 25.7 Å². The first-order valence-electron chi connectivity index (χ1n) is 7.42. The third kappa shape index (κ3) is 3.65. The van der Waals surface area contributed by atoms with Crippen LogP contribution in [0.15, 0.2) is 11.0 Å². The molecule has 0 aliphatic heterocycles. The van der Waals surface area contributed by atoms with Crippen molar-refractivity contribution in [2.24, 2.45) is 14.1 Å². The smallest absolute Gasteiger partial charge is 0.271 e. The van der Waals surface area contributed by atoms with E-state index in [4.69, 9.17) is 0 Å². The number of nitrogens with zero attached hydrogens (tertiary/aromatic N) is 4. The standard InChI is InChI=1S/C14H22N6O3S/c1-9-8-12(18-19(9)4)14(21)15-6-7-16-24(22,23)13-10(2)17-20(5)11(13)3/h8,16H,6-7H2,1-5H3,(H,15,21). The Labute approximate surface area is 141 Å². The number of aryl methyl sites for hydroxylation is 4. The summed E-state index contributed by atoms with van der Waals surface area (Å²) in [6.45, 7) is 5.42. The van der Waals surface area contributed by atoms with Crippen molar-refractivity contribution in [3.05, 3.63) is 28.8 Å². The molecule has 2 rings (SSSR count). The molecule has 0 aromatic carbocycles. The minimum Gasteiger partial charge on any atom is -0.349 e. The van der Waals surface area contributed by atoms with Crippen molar-refractivity contribution >= 4 is 15.9 Å². The van der Waals surface area contributed by atoms with Gasteiger partial charge in [-0.1, -0.05) is 0 Å². The molecule has 2 N–H and O–H groups in total.